The molecular formula is C8H15O2. The molecule has 0 atom stereocenters. The molecule has 0 heterocycles. The lowest BCUT2D eigenvalue weighted by atomic mass is 10.2. The molecule has 0 saturated heterocycles. The fourth-order valence-electron chi connectivity index (χ4n) is 0.618. The van der Waals surface area contributed by atoms with Gasteiger partial charge in [-0.1, -0.05) is 0 Å². The van der Waals surface area contributed by atoms with Crippen LogP contribution in [0.1, 0.15) is 33.1 Å². The van der Waals surface area contributed by atoms with Gasteiger partial charge in [-0.25, -0.2) is 0 Å². The van der Waals surface area contributed by atoms with E-state index in [4.69, 9.17) is 4.74 Å². The Morgan fingerprint density at radius 3 is 2.60 bits per heavy atom. The fraction of sp³-hybridized carbons (Fsp3) is 0.875. The number of hydrogen-bond donors (Lipinski definition) is 0. The minimum absolute atomic E-state index is 0.306. The average molecular weight is 143 g/mol. The van der Waals surface area contributed by atoms with E-state index in [0.717, 1.165) is 19.4 Å². The second-order valence-corrected chi connectivity index (χ2v) is 2.52. The Labute approximate surface area is 62.6 Å². The Hall–Kier alpha value is -0.370. The molecule has 10 heavy (non-hydrogen) atoms. The first kappa shape index (κ1) is 9.63. The van der Waals surface area contributed by atoms with Crippen LogP contribution in [-0.2, 0) is 9.53 Å². The number of rotatable bonds is 6. The molecule has 0 aromatic rings. The van der Waals surface area contributed by atoms with Crippen molar-refractivity contribution in [3.63, 3.8) is 0 Å². The smallest absolute Gasteiger partial charge is 0.198 e. The van der Waals surface area contributed by atoms with Crippen molar-refractivity contribution in [3.05, 3.63) is 0 Å². The van der Waals surface area contributed by atoms with Crippen LogP contribution in [0.5, 0.6) is 0 Å². The van der Waals surface area contributed by atoms with Gasteiger partial charge in [-0.3, -0.25) is 4.79 Å². The fourth-order valence-corrected chi connectivity index (χ4v) is 0.618. The van der Waals surface area contributed by atoms with Gasteiger partial charge >= 0.3 is 0 Å². The van der Waals surface area contributed by atoms with Gasteiger partial charge in [0.2, 0.25) is 0 Å². The third-order valence-corrected chi connectivity index (χ3v) is 1.12. The summed E-state index contributed by atoms with van der Waals surface area (Å²) in [5.41, 5.74) is 0. The zero-order chi connectivity index (χ0) is 7.82. The highest BCUT2D eigenvalue weighted by Gasteiger charge is 1.92. The topological polar surface area (TPSA) is 26.3 Å². The zero-order valence-corrected chi connectivity index (χ0v) is 6.72. The van der Waals surface area contributed by atoms with Crippen LogP contribution in [0.25, 0.3) is 0 Å². The van der Waals surface area contributed by atoms with E-state index in [1.165, 1.54) is 0 Å². The summed E-state index contributed by atoms with van der Waals surface area (Å²) in [4.78, 5) is 9.74. The van der Waals surface area contributed by atoms with Gasteiger partial charge in [-0.15, -0.1) is 0 Å². The van der Waals surface area contributed by atoms with E-state index < -0.39 is 0 Å². The van der Waals surface area contributed by atoms with Crippen molar-refractivity contribution < 1.29 is 9.53 Å². The predicted molar refractivity (Wildman–Crippen MR) is 40.6 cm³/mol. The molecular weight excluding hydrogens is 128 g/mol. The van der Waals surface area contributed by atoms with Crippen LogP contribution >= 0.6 is 0 Å². The van der Waals surface area contributed by atoms with Crippen molar-refractivity contribution in [2.45, 2.75) is 39.2 Å². The minimum atomic E-state index is 0.306. The summed E-state index contributed by atoms with van der Waals surface area (Å²) in [5.74, 6) is 0. The van der Waals surface area contributed by atoms with Crippen molar-refractivity contribution in [3.8, 4) is 0 Å². The van der Waals surface area contributed by atoms with Crippen LogP contribution < -0.4 is 0 Å². The first-order valence-electron chi connectivity index (χ1n) is 3.74. The summed E-state index contributed by atoms with van der Waals surface area (Å²) in [5, 5.41) is 0. The Morgan fingerprint density at radius 1 is 1.40 bits per heavy atom. The molecule has 0 aromatic heterocycles. The predicted octanol–water partition coefficient (Wildman–Crippen LogP) is 1.69. The van der Waals surface area contributed by atoms with Gasteiger partial charge < -0.3 is 4.74 Å². The summed E-state index contributed by atoms with van der Waals surface area (Å²) in [6.07, 6.45) is 4.56. The Kier molecular flexibility index (Phi) is 6.50. The number of unbranched alkanes of at least 4 members (excludes halogenated alkanes) is 2. The summed E-state index contributed by atoms with van der Waals surface area (Å²) in [6.45, 7) is 4.77. The van der Waals surface area contributed by atoms with Crippen LogP contribution in [0.3, 0.4) is 0 Å². The van der Waals surface area contributed by atoms with Crippen LogP contribution in [0.4, 0.5) is 0 Å². The van der Waals surface area contributed by atoms with E-state index in [1.807, 2.05) is 20.1 Å². The van der Waals surface area contributed by atoms with E-state index in [1.54, 1.807) is 0 Å². The molecule has 0 aliphatic heterocycles. The van der Waals surface area contributed by atoms with E-state index in [-0.39, 0.29) is 0 Å². The number of hydrogen-bond acceptors (Lipinski definition) is 2. The molecule has 59 valence electrons. The van der Waals surface area contributed by atoms with Crippen molar-refractivity contribution >= 4 is 6.29 Å². The highest BCUT2D eigenvalue weighted by molar-refractivity contribution is 5.50. The quantitative estimate of drug-likeness (QED) is 0.529. The molecule has 0 unspecified atom stereocenters. The number of carbonyl (C=O) groups excluding carboxylic acids is 1. The van der Waals surface area contributed by atoms with Crippen LogP contribution in [0.2, 0.25) is 0 Å². The van der Waals surface area contributed by atoms with E-state index in [2.05, 4.69) is 0 Å². The Morgan fingerprint density at radius 2 is 2.10 bits per heavy atom. The van der Waals surface area contributed by atoms with Gasteiger partial charge in [0, 0.05) is 13.0 Å². The van der Waals surface area contributed by atoms with Crippen molar-refractivity contribution in [1.82, 2.24) is 0 Å². The third-order valence-electron chi connectivity index (χ3n) is 1.12. The second-order valence-electron chi connectivity index (χ2n) is 2.52. The first-order chi connectivity index (χ1) is 4.77. The molecule has 0 bridgehead atoms. The molecule has 0 amide bonds. The summed E-state index contributed by atoms with van der Waals surface area (Å²) >= 11 is 0. The lowest BCUT2D eigenvalue weighted by Crippen LogP contribution is -2.03. The van der Waals surface area contributed by atoms with Gasteiger partial charge in [0.15, 0.2) is 6.29 Å². The highest BCUT2D eigenvalue weighted by Crippen LogP contribution is 1.95. The second kappa shape index (κ2) is 6.75. The Balaban J connectivity index is 2.83. The summed E-state index contributed by atoms with van der Waals surface area (Å²) in [6, 6.07) is 0. The van der Waals surface area contributed by atoms with E-state index >= 15 is 0 Å². The molecule has 0 aromatic carbocycles. The Bertz CT molecular complexity index is 79.3. The van der Waals surface area contributed by atoms with Crippen LogP contribution in [0, 0.1) is 0 Å². The lowest BCUT2D eigenvalue weighted by molar-refractivity contribution is 0.0763. The molecule has 0 N–H and O–H groups in total. The number of ether oxygens (including phenoxy) is 1. The first-order valence-corrected chi connectivity index (χ1v) is 3.74. The highest BCUT2D eigenvalue weighted by atomic mass is 16.5. The van der Waals surface area contributed by atoms with E-state index in [0.29, 0.717) is 12.5 Å². The molecule has 0 rings (SSSR count). The minimum Gasteiger partial charge on any atom is -0.379 e. The molecule has 0 aliphatic carbocycles. The molecule has 2 heteroatoms. The average Bonchev–Trinajstić information content (AvgIpc) is 1.87. The largest absolute Gasteiger partial charge is 0.379 e. The molecule has 0 saturated carbocycles. The maximum atomic E-state index is 9.74. The lowest BCUT2D eigenvalue weighted by Gasteiger charge is -2.05. The van der Waals surface area contributed by atoms with Crippen molar-refractivity contribution in [1.29, 1.82) is 0 Å². The maximum Gasteiger partial charge on any atom is 0.198 e. The molecule has 2 nitrogen and oxygen atoms in total. The van der Waals surface area contributed by atoms with Gasteiger partial charge in [-0.05, 0) is 26.7 Å². The summed E-state index contributed by atoms with van der Waals surface area (Å²) < 4.78 is 5.26. The van der Waals surface area contributed by atoms with Crippen LogP contribution in [-0.4, -0.2) is 19.0 Å². The SMILES string of the molecule is CC(C)OCCCC[C]=O. The van der Waals surface area contributed by atoms with Gasteiger partial charge in [0.05, 0.1) is 6.10 Å². The summed E-state index contributed by atoms with van der Waals surface area (Å²) in [7, 11) is 0. The maximum absolute atomic E-state index is 9.74. The standard InChI is InChI=1S/C8H15O2/c1-8(2)10-7-5-3-4-6-9/h8H,3-5,7H2,1-2H3. The van der Waals surface area contributed by atoms with Gasteiger partial charge in [0.25, 0.3) is 0 Å². The van der Waals surface area contributed by atoms with Crippen molar-refractivity contribution in [2.75, 3.05) is 6.61 Å². The monoisotopic (exact) mass is 143 g/mol. The van der Waals surface area contributed by atoms with Crippen molar-refractivity contribution in [2.24, 2.45) is 0 Å². The van der Waals surface area contributed by atoms with Gasteiger partial charge in [0.1, 0.15) is 0 Å². The molecule has 0 aliphatic rings. The third kappa shape index (κ3) is 7.63. The zero-order valence-electron chi connectivity index (χ0n) is 6.72. The van der Waals surface area contributed by atoms with E-state index in [9.17, 15) is 4.79 Å². The normalized spacial score (nSPS) is 10.3. The van der Waals surface area contributed by atoms with Gasteiger partial charge in [-0.2, -0.15) is 0 Å². The van der Waals surface area contributed by atoms with Crippen LogP contribution in [0.15, 0.2) is 0 Å². The molecule has 0 spiro atoms. The molecule has 1 radical (unpaired) electrons. The molecule has 0 fully saturated rings.